The molecule has 1 amide bonds. The van der Waals surface area contributed by atoms with Gasteiger partial charge in [0.1, 0.15) is 17.3 Å². The molecule has 0 aliphatic rings. The van der Waals surface area contributed by atoms with Crippen LogP contribution in [0.4, 0.5) is 5.69 Å². The summed E-state index contributed by atoms with van der Waals surface area (Å²) < 4.78 is 7.41. The van der Waals surface area contributed by atoms with E-state index in [0.717, 1.165) is 16.6 Å². The van der Waals surface area contributed by atoms with Crippen LogP contribution in [-0.4, -0.2) is 36.6 Å². The van der Waals surface area contributed by atoms with Gasteiger partial charge in [-0.15, -0.1) is 0 Å². The largest absolute Gasteiger partial charge is 0.434 e. The number of para-hydroxylation sites is 1. The molecule has 2 N–H and O–H groups in total. The fourth-order valence-electron chi connectivity index (χ4n) is 3.97. The fraction of sp³-hybridized carbons (Fsp3) is 0.148. The molecule has 0 atom stereocenters. The predicted molar refractivity (Wildman–Crippen MR) is 139 cm³/mol. The number of carbonyl (C=O) groups is 1. The number of hydrogen-bond acceptors (Lipinski definition) is 6. The normalized spacial score (nSPS) is 11.1. The van der Waals surface area contributed by atoms with E-state index >= 15 is 0 Å². The summed E-state index contributed by atoms with van der Waals surface area (Å²) in [5.41, 5.74) is 3.52. The third kappa shape index (κ3) is 4.76. The minimum absolute atomic E-state index is 0.0254. The standard InChI is InChI=1S/C27H24N6O4/c1-16(2)28-26(34)19-11-14-22-23(15-19)30-25(29-22)18-9-12-21(13-10-18)37-27-24(33(35)36)17(3)31-32(27)20-7-5-4-6-8-20/h4-16H,1-3H3,(H,28,34)(H,29,30). The van der Waals surface area contributed by atoms with Crippen molar-refractivity contribution in [2.24, 2.45) is 0 Å². The maximum absolute atomic E-state index is 12.3. The van der Waals surface area contributed by atoms with Gasteiger partial charge in [-0.3, -0.25) is 14.9 Å². The Kier molecular flexibility index (Phi) is 6.14. The van der Waals surface area contributed by atoms with Gasteiger partial charge in [-0.25, -0.2) is 4.98 Å². The minimum Gasteiger partial charge on any atom is -0.434 e. The van der Waals surface area contributed by atoms with Crippen LogP contribution in [0.3, 0.4) is 0 Å². The first-order valence-electron chi connectivity index (χ1n) is 11.7. The Labute approximate surface area is 212 Å². The van der Waals surface area contributed by atoms with Crippen LogP contribution in [0.5, 0.6) is 11.6 Å². The van der Waals surface area contributed by atoms with E-state index in [0.29, 0.717) is 22.8 Å². The Hall–Kier alpha value is -4.99. The molecule has 3 aromatic carbocycles. The zero-order chi connectivity index (χ0) is 26.1. The lowest BCUT2D eigenvalue weighted by molar-refractivity contribution is -0.386. The molecule has 0 aliphatic heterocycles. The van der Waals surface area contributed by atoms with E-state index in [1.165, 1.54) is 4.68 Å². The van der Waals surface area contributed by atoms with E-state index in [1.807, 2.05) is 32.0 Å². The molecule has 5 rings (SSSR count). The molecule has 10 nitrogen and oxygen atoms in total. The molecule has 5 aromatic rings. The first-order chi connectivity index (χ1) is 17.8. The maximum atomic E-state index is 12.3. The van der Waals surface area contributed by atoms with Gasteiger partial charge in [-0.2, -0.15) is 9.78 Å². The van der Waals surface area contributed by atoms with E-state index in [9.17, 15) is 14.9 Å². The molecule has 0 unspecified atom stereocenters. The molecular weight excluding hydrogens is 472 g/mol. The number of nitrogens with zero attached hydrogens (tertiary/aromatic N) is 4. The third-order valence-corrected chi connectivity index (χ3v) is 5.68. The molecule has 186 valence electrons. The van der Waals surface area contributed by atoms with Gasteiger partial charge in [0.25, 0.3) is 5.91 Å². The third-order valence-electron chi connectivity index (χ3n) is 5.68. The van der Waals surface area contributed by atoms with Gasteiger partial charge in [0.2, 0.25) is 0 Å². The lowest BCUT2D eigenvalue weighted by atomic mass is 10.2. The highest BCUT2D eigenvalue weighted by Gasteiger charge is 2.28. The second kappa shape index (κ2) is 9.57. The molecule has 0 radical (unpaired) electrons. The van der Waals surface area contributed by atoms with Crippen molar-refractivity contribution < 1.29 is 14.5 Å². The number of ether oxygens (including phenoxy) is 1. The van der Waals surface area contributed by atoms with Gasteiger partial charge in [0.05, 0.1) is 21.6 Å². The summed E-state index contributed by atoms with van der Waals surface area (Å²) in [4.78, 5) is 31.5. The highest BCUT2D eigenvalue weighted by molar-refractivity contribution is 5.97. The SMILES string of the molecule is Cc1nn(-c2ccccc2)c(Oc2ccc(-c3nc4ccc(C(=O)NC(C)C)cc4[nH]3)cc2)c1[N+](=O)[O-]. The average molecular weight is 497 g/mol. The smallest absolute Gasteiger partial charge is 0.354 e. The topological polar surface area (TPSA) is 128 Å². The van der Waals surface area contributed by atoms with E-state index in [-0.39, 0.29) is 29.2 Å². The fourth-order valence-corrected chi connectivity index (χ4v) is 3.97. The van der Waals surface area contributed by atoms with Crippen LogP contribution in [0.15, 0.2) is 72.8 Å². The number of aromatic amines is 1. The molecule has 10 heteroatoms. The summed E-state index contributed by atoms with van der Waals surface area (Å²) in [5.74, 6) is 0.915. The molecule has 2 heterocycles. The Balaban J connectivity index is 1.43. The number of H-pyrrole nitrogens is 1. The highest BCUT2D eigenvalue weighted by atomic mass is 16.6. The predicted octanol–water partition coefficient (Wildman–Crippen LogP) is 5.56. The monoisotopic (exact) mass is 496 g/mol. The van der Waals surface area contributed by atoms with Gasteiger partial charge in [0.15, 0.2) is 0 Å². The molecule has 0 spiro atoms. The van der Waals surface area contributed by atoms with Gasteiger partial charge >= 0.3 is 11.6 Å². The first kappa shape index (κ1) is 23.7. The molecular formula is C27H24N6O4. The molecule has 2 aromatic heterocycles. The first-order valence-corrected chi connectivity index (χ1v) is 11.7. The summed E-state index contributed by atoms with van der Waals surface area (Å²) in [6, 6.07) is 21.5. The number of benzene rings is 3. The lowest BCUT2D eigenvalue weighted by Crippen LogP contribution is -2.29. The quantitative estimate of drug-likeness (QED) is 0.224. The number of imidazole rings is 1. The zero-order valence-electron chi connectivity index (χ0n) is 20.4. The number of nitro groups is 1. The molecule has 37 heavy (non-hydrogen) atoms. The number of nitrogens with one attached hydrogen (secondary N) is 2. The van der Waals surface area contributed by atoms with Crippen molar-refractivity contribution in [3.8, 4) is 28.7 Å². The number of amides is 1. The summed E-state index contributed by atoms with van der Waals surface area (Å²) in [5, 5.41) is 19.0. The van der Waals surface area contributed by atoms with Crippen LogP contribution >= 0.6 is 0 Å². The summed E-state index contributed by atoms with van der Waals surface area (Å²) in [6.07, 6.45) is 0. The van der Waals surface area contributed by atoms with Crippen LogP contribution in [0.1, 0.15) is 29.9 Å². The van der Waals surface area contributed by atoms with Crippen molar-refractivity contribution in [2.45, 2.75) is 26.8 Å². The number of hydrogen-bond donors (Lipinski definition) is 2. The molecule has 0 bridgehead atoms. The van der Waals surface area contributed by atoms with E-state index in [1.54, 1.807) is 61.5 Å². The number of fused-ring (bicyclic) bond motifs is 1. The Morgan fingerprint density at radius 2 is 1.81 bits per heavy atom. The molecule has 0 saturated carbocycles. The summed E-state index contributed by atoms with van der Waals surface area (Å²) in [6.45, 7) is 5.40. The second-order valence-electron chi connectivity index (χ2n) is 8.82. The number of rotatable bonds is 7. The van der Waals surface area contributed by atoms with Crippen molar-refractivity contribution >= 4 is 22.6 Å². The maximum Gasteiger partial charge on any atom is 0.354 e. The van der Waals surface area contributed by atoms with Crippen molar-refractivity contribution in [2.75, 3.05) is 0 Å². The minimum atomic E-state index is -0.491. The van der Waals surface area contributed by atoms with Crippen LogP contribution in [0.2, 0.25) is 0 Å². The summed E-state index contributed by atoms with van der Waals surface area (Å²) >= 11 is 0. The van der Waals surface area contributed by atoms with Gasteiger partial charge in [-0.1, -0.05) is 18.2 Å². The van der Waals surface area contributed by atoms with Crippen LogP contribution in [0, 0.1) is 17.0 Å². The Morgan fingerprint density at radius 1 is 1.08 bits per heavy atom. The Morgan fingerprint density at radius 3 is 2.49 bits per heavy atom. The van der Waals surface area contributed by atoms with Crippen LogP contribution < -0.4 is 10.1 Å². The van der Waals surface area contributed by atoms with E-state index in [4.69, 9.17) is 4.74 Å². The van der Waals surface area contributed by atoms with E-state index < -0.39 is 4.92 Å². The number of carbonyl (C=O) groups excluding carboxylic acids is 1. The van der Waals surface area contributed by atoms with Crippen LogP contribution in [0.25, 0.3) is 28.1 Å². The molecule has 0 aliphatic carbocycles. The molecule has 0 fully saturated rings. The lowest BCUT2D eigenvalue weighted by Gasteiger charge is -2.09. The van der Waals surface area contributed by atoms with Gasteiger partial charge < -0.3 is 15.0 Å². The Bertz CT molecular complexity index is 1600. The van der Waals surface area contributed by atoms with Crippen molar-refractivity contribution in [3.05, 3.63) is 94.2 Å². The number of aryl methyl sites for hydroxylation is 1. The van der Waals surface area contributed by atoms with Crippen LogP contribution in [-0.2, 0) is 0 Å². The highest BCUT2D eigenvalue weighted by Crippen LogP contribution is 2.36. The van der Waals surface area contributed by atoms with Gasteiger partial charge in [-0.05, 0) is 75.4 Å². The van der Waals surface area contributed by atoms with Crippen molar-refractivity contribution in [1.82, 2.24) is 25.1 Å². The average Bonchev–Trinajstić information content (AvgIpc) is 3.45. The second-order valence-corrected chi connectivity index (χ2v) is 8.82. The van der Waals surface area contributed by atoms with E-state index in [2.05, 4.69) is 20.4 Å². The van der Waals surface area contributed by atoms with Gasteiger partial charge in [0, 0.05) is 17.2 Å². The molecule has 0 saturated heterocycles. The van der Waals surface area contributed by atoms with Crippen molar-refractivity contribution in [3.63, 3.8) is 0 Å². The summed E-state index contributed by atoms with van der Waals surface area (Å²) in [7, 11) is 0. The van der Waals surface area contributed by atoms with Crippen molar-refractivity contribution in [1.29, 1.82) is 0 Å². The number of aromatic nitrogens is 4. The zero-order valence-corrected chi connectivity index (χ0v) is 20.4.